The number of fused-ring (bicyclic) bond motifs is 1. The highest BCUT2D eigenvalue weighted by Gasteiger charge is 2.10. The van der Waals surface area contributed by atoms with Crippen LogP contribution in [0.25, 0.3) is 11.0 Å². The molecule has 0 fully saturated rings. The van der Waals surface area contributed by atoms with Crippen LogP contribution in [0.2, 0.25) is 0 Å². The smallest absolute Gasteiger partial charge is 0.109 e. The van der Waals surface area contributed by atoms with Gasteiger partial charge in [0.05, 0.1) is 11.0 Å². The Bertz CT molecular complexity index is 525. The van der Waals surface area contributed by atoms with Crippen molar-refractivity contribution in [2.45, 2.75) is 65.8 Å². The number of nitrogens with zero attached hydrogens (tertiary/aromatic N) is 2. The van der Waals surface area contributed by atoms with Crippen LogP contribution in [-0.4, -0.2) is 9.55 Å². The minimum Gasteiger partial charge on any atom is -0.328 e. The summed E-state index contributed by atoms with van der Waals surface area (Å²) in [4.78, 5) is 4.86. The fraction of sp³-hybridized carbons (Fsp3) is 0.588. The Kier molecular flexibility index (Phi) is 5.00. The van der Waals surface area contributed by atoms with Crippen molar-refractivity contribution in [2.75, 3.05) is 0 Å². The summed E-state index contributed by atoms with van der Waals surface area (Å²) in [6, 6.07) is 6.64. The van der Waals surface area contributed by atoms with Gasteiger partial charge in [-0.3, -0.25) is 0 Å². The summed E-state index contributed by atoms with van der Waals surface area (Å²) in [6.45, 7) is 7.75. The van der Waals surface area contributed by atoms with E-state index in [2.05, 4.69) is 43.5 Å². The van der Waals surface area contributed by atoms with Crippen molar-refractivity contribution >= 4 is 11.0 Å². The Morgan fingerprint density at radius 2 is 1.84 bits per heavy atom. The number of rotatable bonds is 7. The van der Waals surface area contributed by atoms with Crippen LogP contribution in [0.4, 0.5) is 0 Å². The zero-order valence-electron chi connectivity index (χ0n) is 12.6. The van der Waals surface area contributed by atoms with E-state index in [1.807, 2.05) is 0 Å². The first-order chi connectivity index (χ1) is 9.26. The minimum atomic E-state index is 1.11. The van der Waals surface area contributed by atoms with Gasteiger partial charge in [0.25, 0.3) is 0 Å². The Labute approximate surface area is 116 Å². The maximum absolute atomic E-state index is 4.86. The van der Waals surface area contributed by atoms with Gasteiger partial charge in [-0.2, -0.15) is 0 Å². The molecule has 19 heavy (non-hydrogen) atoms. The van der Waals surface area contributed by atoms with Crippen molar-refractivity contribution < 1.29 is 0 Å². The van der Waals surface area contributed by atoms with E-state index in [1.165, 1.54) is 54.5 Å². The molecule has 0 radical (unpaired) electrons. The van der Waals surface area contributed by atoms with Gasteiger partial charge < -0.3 is 4.57 Å². The largest absolute Gasteiger partial charge is 0.328 e. The molecule has 0 aliphatic rings. The molecule has 0 atom stereocenters. The van der Waals surface area contributed by atoms with Crippen LogP contribution in [-0.2, 0) is 13.0 Å². The quantitative estimate of drug-likeness (QED) is 0.647. The van der Waals surface area contributed by atoms with Gasteiger partial charge in [-0.15, -0.1) is 0 Å². The highest BCUT2D eigenvalue weighted by atomic mass is 15.1. The molecular weight excluding hydrogens is 232 g/mol. The number of aromatic nitrogens is 2. The molecule has 1 aromatic heterocycles. The fourth-order valence-corrected chi connectivity index (χ4v) is 2.58. The first-order valence-corrected chi connectivity index (χ1v) is 7.72. The van der Waals surface area contributed by atoms with Crippen LogP contribution in [0.5, 0.6) is 0 Å². The molecule has 0 aliphatic carbocycles. The number of unbranched alkanes of at least 4 members (excludes halogenated alkanes) is 3. The second-order valence-corrected chi connectivity index (χ2v) is 5.48. The van der Waals surface area contributed by atoms with Crippen molar-refractivity contribution in [3.8, 4) is 0 Å². The third-order valence-corrected chi connectivity index (χ3v) is 3.72. The lowest BCUT2D eigenvalue weighted by Gasteiger charge is -2.08. The van der Waals surface area contributed by atoms with Gasteiger partial charge in [0.15, 0.2) is 0 Å². The van der Waals surface area contributed by atoms with Crippen molar-refractivity contribution in [1.82, 2.24) is 9.55 Å². The number of imidazole rings is 1. The molecule has 0 saturated carbocycles. The molecule has 2 aromatic rings. The van der Waals surface area contributed by atoms with Crippen LogP contribution < -0.4 is 0 Å². The van der Waals surface area contributed by atoms with E-state index < -0.39 is 0 Å². The first-order valence-electron chi connectivity index (χ1n) is 7.72. The van der Waals surface area contributed by atoms with Crippen molar-refractivity contribution in [2.24, 2.45) is 0 Å². The number of hydrogen-bond acceptors (Lipinski definition) is 1. The Balaban J connectivity index is 2.30. The molecular formula is C17H26N2. The summed E-state index contributed by atoms with van der Waals surface area (Å²) < 4.78 is 2.44. The summed E-state index contributed by atoms with van der Waals surface area (Å²) in [5.41, 5.74) is 3.78. The molecule has 0 saturated heterocycles. The maximum Gasteiger partial charge on any atom is 0.109 e. The van der Waals surface area contributed by atoms with Crippen LogP contribution in [0.1, 0.15) is 57.3 Å². The number of benzene rings is 1. The van der Waals surface area contributed by atoms with Crippen molar-refractivity contribution in [3.05, 3.63) is 29.6 Å². The Morgan fingerprint density at radius 1 is 1.05 bits per heavy atom. The predicted molar refractivity (Wildman–Crippen MR) is 82.6 cm³/mol. The van der Waals surface area contributed by atoms with E-state index in [1.54, 1.807) is 0 Å². The van der Waals surface area contributed by atoms with E-state index in [9.17, 15) is 0 Å². The average molecular weight is 258 g/mol. The van der Waals surface area contributed by atoms with E-state index in [-0.39, 0.29) is 0 Å². The van der Waals surface area contributed by atoms with Crippen LogP contribution in [0, 0.1) is 6.92 Å². The van der Waals surface area contributed by atoms with Gasteiger partial charge in [-0.1, -0.05) is 39.2 Å². The molecule has 0 amide bonds. The molecule has 2 heteroatoms. The van der Waals surface area contributed by atoms with Gasteiger partial charge in [0.1, 0.15) is 5.82 Å². The van der Waals surface area contributed by atoms with Gasteiger partial charge in [0.2, 0.25) is 0 Å². The van der Waals surface area contributed by atoms with Crippen LogP contribution in [0.15, 0.2) is 18.2 Å². The highest BCUT2D eigenvalue weighted by Crippen LogP contribution is 2.20. The summed E-state index contributed by atoms with van der Waals surface area (Å²) in [5.74, 6) is 1.28. The molecule has 0 aliphatic heterocycles. The number of aryl methyl sites for hydroxylation is 3. The van der Waals surface area contributed by atoms with Gasteiger partial charge >= 0.3 is 0 Å². The zero-order valence-corrected chi connectivity index (χ0v) is 12.6. The van der Waals surface area contributed by atoms with Crippen LogP contribution >= 0.6 is 0 Å². The van der Waals surface area contributed by atoms with Gasteiger partial charge in [-0.05, 0) is 37.5 Å². The molecule has 0 spiro atoms. The summed E-state index contributed by atoms with van der Waals surface area (Å²) >= 11 is 0. The molecule has 0 bridgehead atoms. The molecule has 2 nitrogen and oxygen atoms in total. The van der Waals surface area contributed by atoms with Gasteiger partial charge in [0, 0.05) is 13.0 Å². The summed E-state index contributed by atoms with van der Waals surface area (Å²) in [6.07, 6.45) is 7.42. The monoisotopic (exact) mass is 258 g/mol. The molecule has 104 valence electrons. The lowest BCUT2D eigenvalue weighted by Crippen LogP contribution is -2.04. The first kappa shape index (κ1) is 14.1. The normalized spacial score (nSPS) is 11.3. The third kappa shape index (κ3) is 3.37. The second kappa shape index (κ2) is 6.74. The Morgan fingerprint density at radius 3 is 2.58 bits per heavy atom. The van der Waals surface area contributed by atoms with Crippen molar-refractivity contribution in [1.29, 1.82) is 0 Å². The SMILES string of the molecule is CCCCCc1nc2cc(C)ccc2n1CCCC. The fourth-order valence-electron chi connectivity index (χ4n) is 2.58. The van der Waals surface area contributed by atoms with E-state index in [4.69, 9.17) is 4.98 Å². The standard InChI is InChI=1S/C17H26N2/c1-4-6-8-9-17-18-15-13-14(3)10-11-16(15)19(17)12-7-5-2/h10-11,13H,4-9,12H2,1-3H3. The minimum absolute atomic E-state index is 1.11. The van der Waals surface area contributed by atoms with E-state index in [0.717, 1.165) is 13.0 Å². The summed E-state index contributed by atoms with van der Waals surface area (Å²) in [5, 5.41) is 0. The predicted octanol–water partition coefficient (Wildman–Crippen LogP) is 4.88. The highest BCUT2D eigenvalue weighted by molar-refractivity contribution is 5.76. The topological polar surface area (TPSA) is 17.8 Å². The molecule has 2 rings (SSSR count). The van der Waals surface area contributed by atoms with E-state index in [0.29, 0.717) is 0 Å². The van der Waals surface area contributed by atoms with Gasteiger partial charge in [-0.25, -0.2) is 4.98 Å². The molecule has 1 heterocycles. The van der Waals surface area contributed by atoms with E-state index >= 15 is 0 Å². The second-order valence-electron chi connectivity index (χ2n) is 5.48. The lowest BCUT2D eigenvalue weighted by molar-refractivity contribution is 0.597. The Hall–Kier alpha value is -1.31. The molecule has 1 aromatic carbocycles. The molecule has 0 unspecified atom stereocenters. The molecule has 0 N–H and O–H groups in total. The average Bonchev–Trinajstić information content (AvgIpc) is 2.73. The van der Waals surface area contributed by atoms with Crippen molar-refractivity contribution in [3.63, 3.8) is 0 Å². The van der Waals surface area contributed by atoms with Crippen LogP contribution in [0.3, 0.4) is 0 Å². The third-order valence-electron chi connectivity index (χ3n) is 3.72. The number of hydrogen-bond donors (Lipinski definition) is 0. The zero-order chi connectivity index (χ0) is 13.7. The summed E-state index contributed by atoms with van der Waals surface area (Å²) in [7, 11) is 0. The maximum atomic E-state index is 4.86. The lowest BCUT2D eigenvalue weighted by atomic mass is 10.2.